The third-order valence-electron chi connectivity index (χ3n) is 5.40. The number of ether oxygens (including phenoxy) is 1. The van der Waals surface area contributed by atoms with Crippen LogP contribution in [0.2, 0.25) is 0 Å². The summed E-state index contributed by atoms with van der Waals surface area (Å²) in [5.74, 6) is 1.53. The first-order valence-corrected chi connectivity index (χ1v) is 11.0. The van der Waals surface area contributed by atoms with Crippen LogP contribution in [0.1, 0.15) is 45.1 Å². The van der Waals surface area contributed by atoms with Gasteiger partial charge in [-0.05, 0) is 66.8 Å². The first-order chi connectivity index (χ1) is 14.7. The number of unbranched alkanes of at least 4 members (excludes halogenated alkanes) is 1. The summed E-state index contributed by atoms with van der Waals surface area (Å²) in [5, 5.41) is 8.71. The van der Waals surface area contributed by atoms with Gasteiger partial charge in [-0.1, -0.05) is 75.1 Å². The van der Waals surface area contributed by atoms with Gasteiger partial charge in [0.05, 0.1) is 18.0 Å². The van der Waals surface area contributed by atoms with Gasteiger partial charge in [-0.2, -0.15) is 10.2 Å². The van der Waals surface area contributed by atoms with Crippen molar-refractivity contribution in [1.82, 2.24) is 0 Å². The van der Waals surface area contributed by atoms with Gasteiger partial charge in [0.1, 0.15) is 5.75 Å². The van der Waals surface area contributed by atoms with Gasteiger partial charge in [0, 0.05) is 0 Å². The Morgan fingerprint density at radius 2 is 1.27 bits per heavy atom. The molecule has 1 atom stereocenters. The Morgan fingerprint density at radius 3 is 1.80 bits per heavy atom. The fourth-order valence-electron chi connectivity index (χ4n) is 3.30. The average molecular weight is 401 g/mol. The van der Waals surface area contributed by atoms with E-state index in [1.54, 1.807) is 0 Å². The zero-order valence-corrected chi connectivity index (χ0v) is 18.3. The van der Waals surface area contributed by atoms with Crippen LogP contribution in [0.25, 0.3) is 11.1 Å². The second-order valence-corrected chi connectivity index (χ2v) is 7.83. The van der Waals surface area contributed by atoms with Gasteiger partial charge in [0.2, 0.25) is 0 Å². The molecule has 0 spiro atoms. The van der Waals surface area contributed by atoms with Crippen molar-refractivity contribution in [3.8, 4) is 16.9 Å². The van der Waals surface area contributed by atoms with E-state index in [9.17, 15) is 0 Å². The lowest BCUT2D eigenvalue weighted by Gasteiger charge is -2.15. The third kappa shape index (κ3) is 6.55. The normalized spacial score (nSPS) is 12.2. The minimum absolute atomic E-state index is 0.632. The molecule has 0 aliphatic carbocycles. The molecule has 1 unspecified atom stereocenters. The van der Waals surface area contributed by atoms with Gasteiger partial charge < -0.3 is 4.74 Å². The molecule has 0 radical (unpaired) electrons. The summed E-state index contributed by atoms with van der Waals surface area (Å²) in [7, 11) is 0. The fourth-order valence-corrected chi connectivity index (χ4v) is 3.30. The molecule has 0 aliphatic rings. The average Bonchev–Trinajstić information content (AvgIpc) is 2.79. The molecule has 3 aromatic rings. The monoisotopic (exact) mass is 400 g/mol. The molecule has 156 valence electrons. The molecular weight excluding hydrogens is 368 g/mol. The van der Waals surface area contributed by atoms with E-state index >= 15 is 0 Å². The van der Waals surface area contributed by atoms with Crippen LogP contribution >= 0.6 is 0 Å². The minimum atomic E-state index is 0.632. The summed E-state index contributed by atoms with van der Waals surface area (Å²) in [6.45, 7) is 7.35. The predicted molar refractivity (Wildman–Crippen MR) is 126 cm³/mol. The first kappa shape index (κ1) is 21.8. The Kier molecular flexibility index (Phi) is 8.20. The van der Waals surface area contributed by atoms with Gasteiger partial charge >= 0.3 is 0 Å². The Labute approximate surface area is 180 Å². The summed E-state index contributed by atoms with van der Waals surface area (Å²) in [6, 6.07) is 24.5. The molecule has 3 heteroatoms. The summed E-state index contributed by atoms with van der Waals surface area (Å²) in [6.07, 6.45) is 4.91. The molecule has 0 N–H and O–H groups in total. The summed E-state index contributed by atoms with van der Waals surface area (Å²) in [4.78, 5) is 0. The van der Waals surface area contributed by atoms with Gasteiger partial charge in [0.25, 0.3) is 0 Å². The fraction of sp³-hybridized carbons (Fsp3) is 0.333. The molecule has 0 saturated heterocycles. The molecule has 3 rings (SSSR count). The molecule has 0 bridgehead atoms. The standard InChI is InChI=1S/C27H32N2O/c1-4-6-7-22(5-2)20-30-27-18-16-26(17-19-27)29-28-25-14-12-24(13-15-25)23-10-8-21(3)9-11-23/h8-19,22H,4-7,20H2,1-3H3. The highest BCUT2D eigenvalue weighted by molar-refractivity contribution is 5.65. The van der Waals surface area contributed by atoms with Crippen LogP contribution in [0.4, 0.5) is 11.4 Å². The van der Waals surface area contributed by atoms with Gasteiger partial charge in [-0.25, -0.2) is 0 Å². The van der Waals surface area contributed by atoms with Gasteiger partial charge in [0.15, 0.2) is 0 Å². The van der Waals surface area contributed by atoms with E-state index in [4.69, 9.17) is 4.74 Å². The van der Waals surface area contributed by atoms with Gasteiger partial charge in [-0.15, -0.1) is 0 Å². The quantitative estimate of drug-likeness (QED) is 0.313. The van der Waals surface area contributed by atoms with Crippen molar-refractivity contribution in [2.24, 2.45) is 16.1 Å². The maximum absolute atomic E-state index is 5.96. The highest BCUT2D eigenvalue weighted by Crippen LogP contribution is 2.25. The van der Waals surface area contributed by atoms with Crippen molar-refractivity contribution < 1.29 is 4.74 Å². The predicted octanol–water partition coefficient (Wildman–Crippen LogP) is 8.67. The first-order valence-electron chi connectivity index (χ1n) is 11.0. The topological polar surface area (TPSA) is 34.0 Å². The largest absolute Gasteiger partial charge is 0.493 e. The summed E-state index contributed by atoms with van der Waals surface area (Å²) in [5.41, 5.74) is 5.32. The number of azo groups is 1. The van der Waals surface area contributed by atoms with Crippen molar-refractivity contribution in [3.05, 3.63) is 78.4 Å². The van der Waals surface area contributed by atoms with E-state index in [0.29, 0.717) is 5.92 Å². The van der Waals surface area contributed by atoms with Crippen LogP contribution in [-0.4, -0.2) is 6.61 Å². The smallest absolute Gasteiger partial charge is 0.119 e. The van der Waals surface area contributed by atoms with Crippen molar-refractivity contribution in [2.45, 2.75) is 46.5 Å². The molecule has 0 aromatic heterocycles. The molecule has 0 heterocycles. The number of benzene rings is 3. The van der Waals surface area contributed by atoms with Crippen LogP contribution in [0.15, 0.2) is 83.0 Å². The Balaban J connectivity index is 1.55. The summed E-state index contributed by atoms with van der Waals surface area (Å²) >= 11 is 0. The molecule has 0 fully saturated rings. The molecule has 30 heavy (non-hydrogen) atoms. The second kappa shape index (κ2) is 11.3. The molecule has 0 saturated carbocycles. The Hall–Kier alpha value is -2.94. The van der Waals surface area contributed by atoms with Crippen molar-refractivity contribution in [3.63, 3.8) is 0 Å². The van der Waals surface area contributed by atoms with E-state index in [1.165, 1.54) is 36.0 Å². The molecule has 0 amide bonds. The number of rotatable bonds is 10. The van der Waals surface area contributed by atoms with Crippen molar-refractivity contribution >= 4 is 11.4 Å². The number of aryl methyl sites for hydroxylation is 1. The second-order valence-electron chi connectivity index (χ2n) is 7.83. The van der Waals surface area contributed by atoms with Crippen LogP contribution in [0.3, 0.4) is 0 Å². The number of nitrogens with zero attached hydrogens (tertiary/aromatic N) is 2. The maximum atomic E-state index is 5.96. The lowest BCUT2D eigenvalue weighted by molar-refractivity contribution is 0.233. The summed E-state index contributed by atoms with van der Waals surface area (Å²) < 4.78 is 5.96. The molecular formula is C27H32N2O. The van der Waals surface area contributed by atoms with E-state index < -0.39 is 0 Å². The van der Waals surface area contributed by atoms with E-state index in [1.807, 2.05) is 36.4 Å². The lowest BCUT2D eigenvalue weighted by atomic mass is 10.0. The molecule has 3 nitrogen and oxygen atoms in total. The highest BCUT2D eigenvalue weighted by Gasteiger charge is 2.07. The van der Waals surface area contributed by atoms with Crippen LogP contribution < -0.4 is 4.74 Å². The SMILES string of the molecule is CCCCC(CC)COc1ccc(N=Nc2ccc(-c3ccc(C)cc3)cc2)cc1. The van der Waals surface area contributed by atoms with Crippen molar-refractivity contribution in [2.75, 3.05) is 6.61 Å². The van der Waals surface area contributed by atoms with Crippen LogP contribution in [0, 0.1) is 12.8 Å². The number of hydrogen-bond donors (Lipinski definition) is 0. The molecule has 0 aliphatic heterocycles. The Morgan fingerprint density at radius 1 is 0.733 bits per heavy atom. The van der Waals surface area contributed by atoms with Crippen LogP contribution in [-0.2, 0) is 0 Å². The van der Waals surface area contributed by atoms with E-state index in [0.717, 1.165) is 30.2 Å². The van der Waals surface area contributed by atoms with Crippen molar-refractivity contribution in [1.29, 1.82) is 0 Å². The van der Waals surface area contributed by atoms with E-state index in [2.05, 4.69) is 67.4 Å². The zero-order valence-electron chi connectivity index (χ0n) is 18.3. The zero-order chi connectivity index (χ0) is 21.2. The van der Waals surface area contributed by atoms with E-state index in [-0.39, 0.29) is 0 Å². The van der Waals surface area contributed by atoms with Gasteiger partial charge in [-0.3, -0.25) is 0 Å². The maximum Gasteiger partial charge on any atom is 0.119 e. The Bertz CT molecular complexity index is 913. The third-order valence-corrected chi connectivity index (χ3v) is 5.40. The lowest BCUT2D eigenvalue weighted by Crippen LogP contribution is -2.11. The highest BCUT2D eigenvalue weighted by atomic mass is 16.5. The minimum Gasteiger partial charge on any atom is -0.493 e. The molecule has 3 aromatic carbocycles. The number of hydrogen-bond acceptors (Lipinski definition) is 3. The van der Waals surface area contributed by atoms with Crippen LogP contribution in [0.5, 0.6) is 5.75 Å².